The van der Waals surface area contributed by atoms with Gasteiger partial charge in [0.05, 0.1) is 22.7 Å². The quantitative estimate of drug-likeness (QED) is 0.263. The molecule has 0 saturated heterocycles. The molecule has 6 heteroatoms. The van der Waals surface area contributed by atoms with E-state index in [1.807, 2.05) is 95.6 Å². The van der Waals surface area contributed by atoms with Crippen molar-refractivity contribution in [3.63, 3.8) is 0 Å². The number of halogens is 1. The molecule has 34 heavy (non-hydrogen) atoms. The van der Waals surface area contributed by atoms with E-state index in [0.29, 0.717) is 23.2 Å². The third kappa shape index (κ3) is 3.43. The van der Waals surface area contributed by atoms with Crippen LogP contribution in [-0.2, 0) is 0 Å². The molecule has 0 spiro atoms. The molecule has 0 bridgehead atoms. The lowest BCUT2D eigenvalue weighted by molar-refractivity contribution is 0.953. The first-order chi connectivity index (χ1) is 16.7. The van der Waals surface area contributed by atoms with Gasteiger partial charge in [0.15, 0.2) is 11.6 Å². The van der Waals surface area contributed by atoms with E-state index in [1.165, 1.54) is 0 Å². The Morgan fingerprint density at radius 1 is 0.647 bits per heavy atom. The molecule has 0 aliphatic carbocycles. The summed E-state index contributed by atoms with van der Waals surface area (Å²) >= 11 is 3.59. The molecule has 0 N–H and O–H groups in total. The van der Waals surface area contributed by atoms with Crippen LogP contribution in [0.4, 0.5) is 0 Å². The van der Waals surface area contributed by atoms with Gasteiger partial charge in [0.1, 0.15) is 0 Å². The van der Waals surface area contributed by atoms with Crippen LogP contribution in [0.1, 0.15) is 5.56 Å². The Balaban J connectivity index is 1.70. The highest BCUT2D eigenvalue weighted by Crippen LogP contribution is 2.34. The highest BCUT2D eigenvalue weighted by atomic mass is 79.9. The number of benzene rings is 4. The molecule has 0 unspecified atom stereocenters. The number of rotatable bonds is 3. The molecule has 0 aliphatic rings. The van der Waals surface area contributed by atoms with Crippen LogP contribution in [0, 0.1) is 11.3 Å². The van der Waals surface area contributed by atoms with Gasteiger partial charge in [-0.05, 0) is 36.4 Å². The van der Waals surface area contributed by atoms with Crippen molar-refractivity contribution in [3.05, 3.63) is 107 Å². The smallest absolute Gasteiger partial charge is 0.238 e. The minimum atomic E-state index is 0.528. The van der Waals surface area contributed by atoms with Gasteiger partial charge in [-0.3, -0.25) is 4.57 Å². The molecule has 160 valence electrons. The SMILES string of the molecule is N#Cc1ccc2c(c1)c1cc(Br)ccc1n2-c1nc(-c2ccccc2)nc(-c2ccccc2)n1. The topological polar surface area (TPSA) is 67.4 Å². The van der Waals surface area contributed by atoms with Gasteiger partial charge in [-0.2, -0.15) is 15.2 Å². The van der Waals surface area contributed by atoms with Gasteiger partial charge in [0, 0.05) is 26.4 Å². The first-order valence-electron chi connectivity index (χ1n) is 10.7. The van der Waals surface area contributed by atoms with E-state index in [0.717, 1.165) is 37.4 Å². The predicted octanol–water partition coefficient (Wildman–Crippen LogP) is 6.94. The largest absolute Gasteiger partial charge is 0.278 e. The third-order valence-electron chi connectivity index (χ3n) is 5.74. The first-order valence-corrected chi connectivity index (χ1v) is 11.5. The molecule has 5 nitrogen and oxygen atoms in total. The number of hydrogen-bond acceptors (Lipinski definition) is 4. The van der Waals surface area contributed by atoms with Gasteiger partial charge in [-0.15, -0.1) is 0 Å². The first kappa shape index (κ1) is 20.3. The monoisotopic (exact) mass is 501 g/mol. The summed E-state index contributed by atoms with van der Waals surface area (Å²) in [5.41, 5.74) is 4.32. The highest BCUT2D eigenvalue weighted by molar-refractivity contribution is 9.10. The Morgan fingerprint density at radius 3 is 1.79 bits per heavy atom. The molecule has 6 aromatic rings. The van der Waals surface area contributed by atoms with Gasteiger partial charge >= 0.3 is 0 Å². The lowest BCUT2D eigenvalue weighted by atomic mass is 10.1. The minimum absolute atomic E-state index is 0.528. The van der Waals surface area contributed by atoms with Crippen LogP contribution in [-0.4, -0.2) is 19.5 Å². The molecule has 6 rings (SSSR count). The summed E-state index contributed by atoms with van der Waals surface area (Å²) in [6, 6.07) is 33.9. The molecule has 0 fully saturated rings. The van der Waals surface area contributed by atoms with Gasteiger partial charge in [-0.1, -0.05) is 76.6 Å². The third-order valence-corrected chi connectivity index (χ3v) is 6.24. The van der Waals surface area contributed by atoms with Crippen LogP contribution < -0.4 is 0 Å². The maximum Gasteiger partial charge on any atom is 0.238 e. The minimum Gasteiger partial charge on any atom is -0.278 e. The van der Waals surface area contributed by atoms with Crippen LogP contribution >= 0.6 is 15.9 Å². The number of aromatic nitrogens is 4. The van der Waals surface area contributed by atoms with Gasteiger partial charge in [0.2, 0.25) is 5.95 Å². The van der Waals surface area contributed by atoms with Crippen molar-refractivity contribution in [3.8, 4) is 34.8 Å². The lowest BCUT2D eigenvalue weighted by Crippen LogP contribution is -2.06. The van der Waals surface area contributed by atoms with E-state index in [-0.39, 0.29) is 0 Å². The van der Waals surface area contributed by atoms with Crippen LogP contribution in [0.2, 0.25) is 0 Å². The zero-order valence-electron chi connectivity index (χ0n) is 17.9. The molecule has 0 amide bonds. The maximum atomic E-state index is 9.47. The van der Waals surface area contributed by atoms with E-state index >= 15 is 0 Å². The molecule has 2 aromatic heterocycles. The van der Waals surface area contributed by atoms with Crippen molar-refractivity contribution in [2.24, 2.45) is 0 Å². The molecule has 4 aromatic carbocycles. The van der Waals surface area contributed by atoms with Crippen molar-refractivity contribution < 1.29 is 0 Å². The van der Waals surface area contributed by atoms with Crippen LogP contribution in [0.25, 0.3) is 50.5 Å². The average molecular weight is 502 g/mol. The van der Waals surface area contributed by atoms with Crippen LogP contribution in [0.15, 0.2) is 102 Å². The van der Waals surface area contributed by atoms with Crippen molar-refractivity contribution in [2.75, 3.05) is 0 Å². The Morgan fingerprint density at radius 2 is 1.21 bits per heavy atom. The second-order valence-corrected chi connectivity index (χ2v) is 8.77. The van der Waals surface area contributed by atoms with E-state index in [1.54, 1.807) is 0 Å². The molecule has 0 atom stereocenters. The second-order valence-electron chi connectivity index (χ2n) is 7.86. The fourth-order valence-corrected chi connectivity index (χ4v) is 4.54. The summed E-state index contributed by atoms with van der Waals surface area (Å²) in [4.78, 5) is 14.6. The van der Waals surface area contributed by atoms with Crippen LogP contribution in [0.5, 0.6) is 0 Å². The number of nitriles is 1. The molecule has 0 radical (unpaired) electrons. The number of hydrogen-bond donors (Lipinski definition) is 0. The summed E-state index contributed by atoms with van der Waals surface area (Å²) in [5, 5.41) is 11.5. The van der Waals surface area contributed by atoms with E-state index in [2.05, 4.69) is 28.1 Å². The molecular weight excluding hydrogens is 486 g/mol. The lowest BCUT2D eigenvalue weighted by Gasteiger charge is -2.10. The summed E-state index contributed by atoms with van der Waals surface area (Å²) in [7, 11) is 0. The fraction of sp³-hybridized carbons (Fsp3) is 0. The zero-order chi connectivity index (χ0) is 23.1. The summed E-state index contributed by atoms with van der Waals surface area (Å²) in [6.45, 7) is 0. The van der Waals surface area contributed by atoms with Crippen molar-refractivity contribution >= 4 is 37.7 Å². The summed E-state index contributed by atoms with van der Waals surface area (Å²) in [6.07, 6.45) is 0. The van der Waals surface area contributed by atoms with E-state index < -0.39 is 0 Å². The summed E-state index contributed by atoms with van der Waals surface area (Å²) < 4.78 is 3.01. The fourth-order valence-electron chi connectivity index (χ4n) is 4.18. The molecule has 0 aliphatic heterocycles. The number of fused-ring (bicyclic) bond motifs is 3. The van der Waals surface area contributed by atoms with Crippen LogP contribution in [0.3, 0.4) is 0 Å². The average Bonchev–Trinajstić information content (AvgIpc) is 3.22. The Bertz CT molecular complexity index is 1660. The second kappa shape index (κ2) is 8.22. The van der Waals surface area contributed by atoms with Gasteiger partial charge in [-0.25, -0.2) is 4.98 Å². The predicted molar refractivity (Wildman–Crippen MR) is 137 cm³/mol. The Kier molecular flexibility index (Phi) is 4.90. The molecule has 2 heterocycles. The standard InChI is InChI=1S/C28H16BrN5/c29-21-12-14-25-23(16-21)22-15-18(17-30)11-13-24(22)34(25)28-32-26(19-7-3-1-4-8-19)31-27(33-28)20-9-5-2-6-10-20/h1-16H. The highest BCUT2D eigenvalue weighted by Gasteiger charge is 2.18. The van der Waals surface area contributed by atoms with Gasteiger partial charge < -0.3 is 0 Å². The Labute approximate surface area is 204 Å². The van der Waals surface area contributed by atoms with E-state index in [9.17, 15) is 5.26 Å². The Hall–Kier alpha value is -4.34. The normalized spacial score (nSPS) is 11.1. The van der Waals surface area contributed by atoms with Crippen molar-refractivity contribution in [1.29, 1.82) is 5.26 Å². The zero-order valence-corrected chi connectivity index (χ0v) is 19.4. The molecular formula is C28H16BrN5. The van der Waals surface area contributed by atoms with E-state index in [4.69, 9.17) is 15.0 Å². The van der Waals surface area contributed by atoms with Gasteiger partial charge in [0.25, 0.3) is 0 Å². The molecule has 0 saturated carbocycles. The van der Waals surface area contributed by atoms with Crippen molar-refractivity contribution in [1.82, 2.24) is 19.5 Å². The number of nitrogens with zero attached hydrogens (tertiary/aromatic N) is 5. The summed E-state index contributed by atoms with van der Waals surface area (Å²) in [5.74, 6) is 1.73. The maximum absolute atomic E-state index is 9.47. The van der Waals surface area contributed by atoms with Crippen molar-refractivity contribution in [2.45, 2.75) is 0 Å².